The zero-order valence-corrected chi connectivity index (χ0v) is 17.4. The zero-order valence-electron chi connectivity index (χ0n) is 16.6. The Kier molecular flexibility index (Phi) is 5.80. The Labute approximate surface area is 168 Å². The second-order valence-corrected chi connectivity index (χ2v) is 9.25. The summed E-state index contributed by atoms with van der Waals surface area (Å²) in [6.45, 7) is 8.37. The molecule has 1 unspecified atom stereocenters. The van der Waals surface area contributed by atoms with Crippen molar-refractivity contribution in [1.82, 2.24) is 19.8 Å². The molecule has 4 rings (SSSR count). The number of carbonyl (C=O) groups excluding carboxylic acids is 1. The Morgan fingerprint density at radius 1 is 1.43 bits per heavy atom. The first-order valence-corrected chi connectivity index (χ1v) is 10.9. The van der Waals surface area contributed by atoms with Crippen molar-refractivity contribution in [3.63, 3.8) is 0 Å². The second kappa shape index (κ2) is 8.31. The fourth-order valence-corrected chi connectivity index (χ4v) is 5.38. The predicted molar refractivity (Wildman–Crippen MR) is 110 cm³/mol. The lowest BCUT2D eigenvalue weighted by molar-refractivity contribution is -0.123. The molecule has 3 heterocycles. The third kappa shape index (κ3) is 4.14. The van der Waals surface area contributed by atoms with E-state index in [2.05, 4.69) is 29.0 Å². The summed E-state index contributed by atoms with van der Waals surface area (Å²) in [4.78, 5) is 34.1. The van der Waals surface area contributed by atoms with E-state index < -0.39 is 0 Å². The lowest BCUT2D eigenvalue weighted by atomic mass is 10.2. The van der Waals surface area contributed by atoms with Crippen LogP contribution in [0.2, 0.25) is 0 Å². The van der Waals surface area contributed by atoms with Gasteiger partial charge in [-0.25, -0.2) is 4.98 Å². The van der Waals surface area contributed by atoms with Gasteiger partial charge in [-0.1, -0.05) is 13.8 Å². The number of aromatic nitrogens is 2. The van der Waals surface area contributed by atoms with Crippen LogP contribution in [0.25, 0.3) is 10.2 Å². The molecule has 1 N–H and O–H groups in total. The van der Waals surface area contributed by atoms with E-state index in [0.717, 1.165) is 49.3 Å². The molecule has 0 radical (unpaired) electrons. The van der Waals surface area contributed by atoms with Gasteiger partial charge < -0.3 is 10.1 Å². The molecule has 1 aliphatic heterocycles. The maximum absolute atomic E-state index is 12.9. The zero-order chi connectivity index (χ0) is 19.7. The molecule has 2 aliphatic rings. The van der Waals surface area contributed by atoms with Gasteiger partial charge in [0.1, 0.15) is 11.4 Å². The van der Waals surface area contributed by atoms with Crippen LogP contribution < -0.4 is 10.9 Å². The molecule has 152 valence electrons. The first kappa shape index (κ1) is 19.5. The highest BCUT2D eigenvalue weighted by Gasteiger charge is 2.23. The van der Waals surface area contributed by atoms with Gasteiger partial charge in [-0.3, -0.25) is 19.1 Å². The highest BCUT2D eigenvalue weighted by molar-refractivity contribution is 7.18. The number of thiophene rings is 1. The van der Waals surface area contributed by atoms with E-state index in [4.69, 9.17) is 4.74 Å². The molecule has 1 aliphatic carbocycles. The molecule has 0 bridgehead atoms. The van der Waals surface area contributed by atoms with Crippen molar-refractivity contribution in [2.75, 3.05) is 32.8 Å². The van der Waals surface area contributed by atoms with Crippen molar-refractivity contribution in [3.8, 4) is 0 Å². The van der Waals surface area contributed by atoms with Gasteiger partial charge in [0.15, 0.2) is 0 Å². The van der Waals surface area contributed by atoms with Crippen LogP contribution in [-0.2, 0) is 28.9 Å². The number of morpholine rings is 1. The summed E-state index contributed by atoms with van der Waals surface area (Å²) in [6, 6.07) is 0. The minimum Gasteiger partial charge on any atom is -0.374 e. The van der Waals surface area contributed by atoms with Crippen molar-refractivity contribution in [2.45, 2.75) is 45.8 Å². The molecule has 1 amide bonds. The maximum Gasteiger partial charge on any atom is 0.262 e. The highest BCUT2D eigenvalue weighted by atomic mass is 32.1. The van der Waals surface area contributed by atoms with Crippen LogP contribution in [0.1, 0.15) is 30.7 Å². The molecule has 0 saturated carbocycles. The average molecular weight is 405 g/mol. The number of nitrogens with zero attached hydrogens (tertiary/aromatic N) is 3. The van der Waals surface area contributed by atoms with E-state index in [1.54, 1.807) is 11.3 Å². The third-order valence-corrected chi connectivity index (χ3v) is 6.58. The van der Waals surface area contributed by atoms with Gasteiger partial charge in [0.25, 0.3) is 5.56 Å². The van der Waals surface area contributed by atoms with Gasteiger partial charge in [0, 0.05) is 31.1 Å². The van der Waals surface area contributed by atoms with Crippen LogP contribution in [0.4, 0.5) is 0 Å². The fourth-order valence-electron chi connectivity index (χ4n) is 4.16. The van der Waals surface area contributed by atoms with Crippen LogP contribution in [-0.4, -0.2) is 59.2 Å². The number of fused-ring (bicyclic) bond motifs is 3. The Morgan fingerprint density at radius 3 is 3.11 bits per heavy atom. The molecule has 0 spiro atoms. The molecule has 1 saturated heterocycles. The van der Waals surface area contributed by atoms with E-state index in [1.807, 2.05) is 0 Å². The minimum absolute atomic E-state index is 0.00514. The molecular formula is C20H28N4O3S. The maximum atomic E-state index is 12.9. The van der Waals surface area contributed by atoms with Crippen LogP contribution >= 0.6 is 11.3 Å². The standard InChI is InChI=1S/C20H28N4O3S/c1-13(2)9-23-6-7-27-14(10-23)8-21-17(25)11-24-12-22-19-18(20(24)26)15-4-3-5-16(15)28-19/h12-14H,3-11H2,1-2H3,(H,21,25). The van der Waals surface area contributed by atoms with Crippen molar-refractivity contribution in [3.05, 3.63) is 27.1 Å². The average Bonchev–Trinajstić information content (AvgIpc) is 3.23. The van der Waals surface area contributed by atoms with Gasteiger partial charge in [-0.15, -0.1) is 11.3 Å². The number of aryl methyl sites for hydroxylation is 2. The summed E-state index contributed by atoms with van der Waals surface area (Å²) in [5, 5.41) is 3.64. The molecular weight excluding hydrogens is 376 g/mol. The summed E-state index contributed by atoms with van der Waals surface area (Å²) in [6.07, 6.45) is 4.56. The fraction of sp³-hybridized carbons (Fsp3) is 0.650. The van der Waals surface area contributed by atoms with E-state index in [-0.39, 0.29) is 24.1 Å². The van der Waals surface area contributed by atoms with E-state index >= 15 is 0 Å². The van der Waals surface area contributed by atoms with Gasteiger partial charge in [0.2, 0.25) is 5.91 Å². The second-order valence-electron chi connectivity index (χ2n) is 8.17. The highest BCUT2D eigenvalue weighted by Crippen LogP contribution is 2.34. The van der Waals surface area contributed by atoms with Gasteiger partial charge >= 0.3 is 0 Å². The van der Waals surface area contributed by atoms with Crippen LogP contribution in [0.5, 0.6) is 0 Å². The van der Waals surface area contributed by atoms with Crippen molar-refractivity contribution in [2.24, 2.45) is 5.92 Å². The monoisotopic (exact) mass is 404 g/mol. The number of carbonyl (C=O) groups is 1. The molecule has 28 heavy (non-hydrogen) atoms. The normalized spacial score (nSPS) is 20.0. The molecule has 7 nitrogen and oxygen atoms in total. The number of ether oxygens (including phenoxy) is 1. The molecule has 1 atom stereocenters. The Morgan fingerprint density at radius 2 is 2.29 bits per heavy atom. The largest absolute Gasteiger partial charge is 0.374 e. The van der Waals surface area contributed by atoms with Crippen LogP contribution in [0, 0.1) is 5.92 Å². The molecule has 1 fully saturated rings. The summed E-state index contributed by atoms with van der Waals surface area (Å²) >= 11 is 1.62. The Bertz CT molecular complexity index is 920. The number of rotatable bonds is 6. The smallest absolute Gasteiger partial charge is 0.262 e. The van der Waals surface area contributed by atoms with Gasteiger partial charge in [-0.2, -0.15) is 0 Å². The molecule has 0 aromatic carbocycles. The van der Waals surface area contributed by atoms with E-state index in [9.17, 15) is 9.59 Å². The molecule has 2 aromatic rings. The first-order chi connectivity index (χ1) is 13.5. The number of hydrogen-bond donors (Lipinski definition) is 1. The van der Waals surface area contributed by atoms with Crippen molar-refractivity contribution >= 4 is 27.5 Å². The summed E-state index contributed by atoms with van der Waals surface area (Å²) < 4.78 is 7.20. The molecule has 2 aromatic heterocycles. The third-order valence-electron chi connectivity index (χ3n) is 5.38. The van der Waals surface area contributed by atoms with Crippen LogP contribution in [0.3, 0.4) is 0 Å². The summed E-state index contributed by atoms with van der Waals surface area (Å²) in [5.74, 6) is 0.431. The van der Waals surface area contributed by atoms with Crippen LogP contribution in [0.15, 0.2) is 11.1 Å². The topological polar surface area (TPSA) is 76.5 Å². The quantitative estimate of drug-likeness (QED) is 0.788. The molecule has 8 heteroatoms. The first-order valence-electron chi connectivity index (χ1n) is 10.1. The van der Waals surface area contributed by atoms with E-state index in [1.165, 1.54) is 15.8 Å². The summed E-state index contributed by atoms with van der Waals surface area (Å²) in [7, 11) is 0. The SMILES string of the molecule is CC(C)CN1CCOC(CNC(=O)Cn2cnc3sc4c(c3c2=O)CCC4)C1. The summed E-state index contributed by atoms with van der Waals surface area (Å²) in [5.41, 5.74) is 1.05. The Hall–Kier alpha value is -1.77. The minimum atomic E-state index is -0.181. The predicted octanol–water partition coefficient (Wildman–Crippen LogP) is 1.42. The number of nitrogens with one attached hydrogen (secondary N) is 1. The van der Waals surface area contributed by atoms with Crippen molar-refractivity contribution in [1.29, 1.82) is 0 Å². The number of amides is 1. The lowest BCUT2D eigenvalue weighted by Gasteiger charge is -2.33. The van der Waals surface area contributed by atoms with E-state index in [0.29, 0.717) is 24.5 Å². The van der Waals surface area contributed by atoms with Gasteiger partial charge in [-0.05, 0) is 30.7 Å². The Balaban J connectivity index is 1.36. The van der Waals surface area contributed by atoms with Gasteiger partial charge in [0.05, 0.1) is 24.4 Å². The van der Waals surface area contributed by atoms with Crippen molar-refractivity contribution < 1.29 is 9.53 Å². The lowest BCUT2D eigenvalue weighted by Crippen LogP contribution is -2.48. The number of hydrogen-bond acceptors (Lipinski definition) is 6.